The van der Waals surface area contributed by atoms with Crippen LogP contribution < -0.4 is 10.6 Å². The topological polar surface area (TPSA) is 177 Å². The number of rotatable bonds is 10. The van der Waals surface area contributed by atoms with Crippen LogP contribution in [0.4, 0.5) is 5.13 Å². The number of halogens is 1. The molecule has 3 amide bonds. The second-order valence-electron chi connectivity index (χ2n) is 8.45. The van der Waals surface area contributed by atoms with Gasteiger partial charge in [0.2, 0.25) is 13.0 Å². The van der Waals surface area contributed by atoms with Crippen LogP contribution in [-0.4, -0.2) is 80.2 Å². The van der Waals surface area contributed by atoms with Crippen LogP contribution in [0, 0.1) is 0 Å². The van der Waals surface area contributed by atoms with Crippen LogP contribution in [0.25, 0.3) is 0 Å². The van der Waals surface area contributed by atoms with Crippen molar-refractivity contribution in [2.45, 2.75) is 37.8 Å². The van der Waals surface area contributed by atoms with E-state index in [9.17, 15) is 29.1 Å². The number of carboxylic acids is 1. The standard InChI is InChI=1S/C21H22ClN5O8S2/c1-5-9-7-36-18-13(17(31)27(18)14(9)19(32)33)24-16(30)12(11-15(22)37-20(25-11)23-8-28)26-34-6-10(29)35-21(2,3)4/h5,8,13,18H,1,6-7H2,2-4H3,(H,24,30)(H,32,33)(H,23,25,28)/t13?,18-/m0/s1. The summed E-state index contributed by atoms with van der Waals surface area (Å²) in [7, 11) is 0. The summed E-state index contributed by atoms with van der Waals surface area (Å²) >= 11 is 8.28. The summed E-state index contributed by atoms with van der Waals surface area (Å²) in [5, 5.41) is 17.4. The van der Waals surface area contributed by atoms with Crippen LogP contribution in [0.1, 0.15) is 26.5 Å². The van der Waals surface area contributed by atoms with Crippen LogP contribution >= 0.6 is 34.7 Å². The van der Waals surface area contributed by atoms with E-state index in [1.165, 1.54) is 17.8 Å². The SMILES string of the molecule is C=CC1=C(C(=O)O)N2C(=O)C(NC(=O)C(=NOCC(=O)OC(C)(C)C)c3nc(NC=O)sc3Cl)[C@@H]2SC1. The minimum atomic E-state index is -1.29. The Bertz CT molecular complexity index is 1220. The summed E-state index contributed by atoms with van der Waals surface area (Å²) in [5.74, 6) is -3.35. The monoisotopic (exact) mass is 571 g/mol. The zero-order valence-electron chi connectivity index (χ0n) is 19.8. The van der Waals surface area contributed by atoms with Gasteiger partial charge in [-0.3, -0.25) is 19.3 Å². The maximum Gasteiger partial charge on any atom is 0.352 e. The fourth-order valence-electron chi connectivity index (χ4n) is 3.28. The van der Waals surface area contributed by atoms with E-state index in [1.54, 1.807) is 20.8 Å². The lowest BCUT2D eigenvalue weighted by molar-refractivity contribution is -0.160. The Labute approximate surface area is 223 Å². The number of nitrogens with zero attached hydrogens (tertiary/aromatic N) is 3. The molecule has 1 aromatic heterocycles. The molecule has 0 aromatic carbocycles. The predicted molar refractivity (Wildman–Crippen MR) is 135 cm³/mol. The third-order valence-electron chi connectivity index (χ3n) is 4.70. The van der Waals surface area contributed by atoms with E-state index in [-0.39, 0.29) is 26.6 Å². The van der Waals surface area contributed by atoms with E-state index in [1.807, 2.05) is 0 Å². The predicted octanol–water partition coefficient (Wildman–Crippen LogP) is 1.35. The van der Waals surface area contributed by atoms with Crippen LogP contribution in [0.5, 0.6) is 0 Å². The van der Waals surface area contributed by atoms with Crippen LogP contribution in [-0.2, 0) is 33.5 Å². The smallest absolute Gasteiger partial charge is 0.352 e. The Kier molecular flexibility index (Phi) is 8.60. The fourth-order valence-corrected chi connectivity index (χ4v) is 5.63. The number of thiazole rings is 1. The molecule has 0 bridgehead atoms. The van der Waals surface area contributed by atoms with E-state index in [0.29, 0.717) is 12.0 Å². The summed E-state index contributed by atoms with van der Waals surface area (Å²) in [4.78, 5) is 70.6. The number of ether oxygens (including phenoxy) is 1. The number of aromatic nitrogens is 1. The number of oxime groups is 1. The van der Waals surface area contributed by atoms with Crippen LogP contribution in [0.3, 0.4) is 0 Å². The first kappa shape index (κ1) is 28.1. The number of hydrogen-bond donors (Lipinski definition) is 3. The quantitative estimate of drug-likeness (QED) is 0.122. The molecule has 2 atom stereocenters. The zero-order chi connectivity index (χ0) is 27.5. The van der Waals surface area contributed by atoms with Gasteiger partial charge in [-0.1, -0.05) is 40.7 Å². The average Bonchev–Trinajstić information content (AvgIpc) is 3.17. The number of thioether (sulfide) groups is 1. The first-order valence-corrected chi connectivity index (χ1v) is 12.7. The first-order chi connectivity index (χ1) is 17.4. The third-order valence-corrected chi connectivity index (χ3v) is 7.19. The van der Waals surface area contributed by atoms with Gasteiger partial charge in [0.05, 0.1) is 0 Å². The minimum Gasteiger partial charge on any atom is -0.477 e. The van der Waals surface area contributed by atoms with Crippen molar-refractivity contribution in [3.05, 3.63) is 34.0 Å². The van der Waals surface area contributed by atoms with Gasteiger partial charge in [-0.25, -0.2) is 14.6 Å². The fraction of sp³-hybridized carbons (Fsp3) is 0.381. The van der Waals surface area contributed by atoms with E-state index >= 15 is 0 Å². The number of aliphatic carboxylic acids is 1. The van der Waals surface area contributed by atoms with Crippen molar-refractivity contribution in [1.29, 1.82) is 0 Å². The maximum absolute atomic E-state index is 13.2. The highest BCUT2D eigenvalue weighted by Crippen LogP contribution is 2.40. The molecule has 3 rings (SSSR count). The average molecular weight is 572 g/mol. The van der Waals surface area contributed by atoms with Gasteiger partial charge in [0.1, 0.15) is 32.7 Å². The highest BCUT2D eigenvalue weighted by molar-refractivity contribution is 8.00. The van der Waals surface area contributed by atoms with Crippen molar-refractivity contribution in [3.8, 4) is 0 Å². The van der Waals surface area contributed by atoms with Crippen molar-refractivity contribution in [2.75, 3.05) is 17.7 Å². The molecule has 198 valence electrons. The molecular formula is C21H22ClN5O8S2. The zero-order valence-corrected chi connectivity index (χ0v) is 22.2. The Morgan fingerprint density at radius 1 is 1.38 bits per heavy atom. The largest absolute Gasteiger partial charge is 0.477 e. The summed E-state index contributed by atoms with van der Waals surface area (Å²) in [5.41, 5.74) is -1.24. The lowest BCUT2D eigenvalue weighted by Gasteiger charge is -2.49. The summed E-state index contributed by atoms with van der Waals surface area (Å²) in [6, 6.07) is -1.08. The van der Waals surface area contributed by atoms with Gasteiger partial charge in [0.15, 0.2) is 10.8 Å². The van der Waals surface area contributed by atoms with Gasteiger partial charge < -0.3 is 25.3 Å². The number of carbonyl (C=O) groups excluding carboxylic acids is 4. The number of fused-ring (bicyclic) bond motifs is 1. The normalized spacial score (nSPS) is 19.4. The van der Waals surface area contributed by atoms with Gasteiger partial charge in [-0.05, 0) is 26.3 Å². The summed E-state index contributed by atoms with van der Waals surface area (Å²) < 4.78 is 5.09. The van der Waals surface area contributed by atoms with Crippen molar-refractivity contribution in [3.63, 3.8) is 0 Å². The minimum absolute atomic E-state index is 0.0283. The number of amides is 3. The van der Waals surface area contributed by atoms with Crippen molar-refractivity contribution >= 4 is 75.7 Å². The Morgan fingerprint density at radius 2 is 2.08 bits per heavy atom. The van der Waals surface area contributed by atoms with Gasteiger partial charge >= 0.3 is 11.9 Å². The summed E-state index contributed by atoms with van der Waals surface area (Å²) in [6.45, 7) is 7.93. The molecule has 3 N–H and O–H groups in total. The molecule has 13 nitrogen and oxygen atoms in total. The van der Waals surface area contributed by atoms with E-state index < -0.39 is 53.1 Å². The Hall–Kier alpha value is -3.43. The highest BCUT2D eigenvalue weighted by atomic mass is 35.5. The Balaban J connectivity index is 1.83. The molecular weight excluding hydrogens is 550 g/mol. The number of carbonyl (C=O) groups is 5. The Morgan fingerprint density at radius 3 is 2.68 bits per heavy atom. The van der Waals surface area contributed by atoms with Gasteiger partial charge in [0, 0.05) is 5.75 Å². The number of carboxylic acid groups (broad SMARTS) is 1. The molecule has 1 fully saturated rings. The van der Waals surface area contributed by atoms with Crippen molar-refractivity contribution in [1.82, 2.24) is 15.2 Å². The molecule has 3 heterocycles. The van der Waals surface area contributed by atoms with Crippen LogP contribution in [0.15, 0.2) is 29.1 Å². The molecule has 1 unspecified atom stereocenters. The number of esters is 1. The molecule has 2 aliphatic heterocycles. The molecule has 0 aliphatic carbocycles. The number of hydrogen-bond acceptors (Lipinski definition) is 11. The molecule has 2 aliphatic rings. The van der Waals surface area contributed by atoms with E-state index in [0.717, 1.165) is 16.2 Å². The lowest BCUT2D eigenvalue weighted by Crippen LogP contribution is -2.71. The lowest BCUT2D eigenvalue weighted by atomic mass is 10.0. The number of anilines is 1. The van der Waals surface area contributed by atoms with Crippen LogP contribution in [0.2, 0.25) is 4.34 Å². The molecule has 16 heteroatoms. The first-order valence-electron chi connectivity index (χ1n) is 10.5. The van der Waals surface area contributed by atoms with Crippen molar-refractivity contribution in [2.24, 2.45) is 5.16 Å². The van der Waals surface area contributed by atoms with E-state index in [4.69, 9.17) is 21.2 Å². The van der Waals surface area contributed by atoms with Crippen molar-refractivity contribution < 1.29 is 38.7 Å². The van der Waals surface area contributed by atoms with Gasteiger partial charge in [0.25, 0.3) is 11.8 Å². The molecule has 1 aromatic rings. The van der Waals surface area contributed by atoms with Gasteiger partial charge in [-0.2, -0.15) is 0 Å². The second kappa shape index (κ2) is 11.3. The molecule has 37 heavy (non-hydrogen) atoms. The maximum atomic E-state index is 13.2. The second-order valence-corrected chi connectivity index (χ2v) is 11.2. The number of allylic oxidation sites excluding steroid dienone is 1. The highest BCUT2D eigenvalue weighted by Gasteiger charge is 2.54. The molecule has 0 radical (unpaired) electrons. The molecule has 0 saturated carbocycles. The number of nitrogens with one attached hydrogen (secondary N) is 2. The van der Waals surface area contributed by atoms with Gasteiger partial charge in [-0.15, -0.1) is 11.8 Å². The molecule has 0 spiro atoms. The van der Waals surface area contributed by atoms with E-state index in [2.05, 4.69) is 27.4 Å². The third kappa shape index (κ3) is 6.29. The summed E-state index contributed by atoms with van der Waals surface area (Å²) in [6.07, 6.45) is 1.73. The number of β-lactam (4-membered cyclic amide) rings is 1. The molecule has 1 saturated heterocycles.